The van der Waals surface area contributed by atoms with Crippen LogP contribution in [0.1, 0.15) is 46.4 Å². The average molecular weight is 406 g/mol. The van der Waals surface area contributed by atoms with Crippen LogP contribution in [-0.4, -0.2) is 32.1 Å². The van der Waals surface area contributed by atoms with Crippen molar-refractivity contribution in [2.45, 2.75) is 31.5 Å². The van der Waals surface area contributed by atoms with E-state index >= 15 is 0 Å². The minimum atomic E-state index is -4.49. The summed E-state index contributed by atoms with van der Waals surface area (Å²) in [5.74, 6) is -0.0945. The van der Waals surface area contributed by atoms with E-state index < -0.39 is 11.9 Å². The second-order valence-corrected chi connectivity index (χ2v) is 7.50. The molecular weight excluding hydrogens is 389 g/mol. The van der Waals surface area contributed by atoms with Crippen LogP contribution in [0, 0.1) is 0 Å². The molecule has 1 aromatic carbocycles. The van der Waals surface area contributed by atoms with Crippen LogP contribution >= 0.6 is 11.3 Å². The third kappa shape index (κ3) is 3.66. The second-order valence-electron chi connectivity index (χ2n) is 6.57. The van der Waals surface area contributed by atoms with Crippen molar-refractivity contribution in [3.63, 3.8) is 0 Å². The number of nitrogens with zero attached hydrogens (tertiary/aromatic N) is 4. The quantitative estimate of drug-likeness (QED) is 0.633. The molecule has 0 saturated carbocycles. The maximum Gasteiger partial charge on any atom is 0.435 e. The monoisotopic (exact) mass is 406 g/mol. The normalized spacial score (nSPS) is 17.7. The number of hydrogen-bond acceptors (Lipinski definition) is 4. The van der Waals surface area contributed by atoms with Crippen molar-refractivity contribution in [3.8, 4) is 5.69 Å². The van der Waals surface area contributed by atoms with Gasteiger partial charge in [0.05, 0.1) is 11.7 Å². The van der Waals surface area contributed by atoms with Crippen molar-refractivity contribution in [2.75, 3.05) is 6.54 Å². The first-order valence-electron chi connectivity index (χ1n) is 8.87. The molecule has 2 aromatic heterocycles. The van der Waals surface area contributed by atoms with Crippen molar-refractivity contribution in [3.05, 3.63) is 64.4 Å². The van der Waals surface area contributed by atoms with E-state index in [2.05, 4.69) is 10.1 Å². The van der Waals surface area contributed by atoms with E-state index in [0.717, 1.165) is 35.0 Å². The Morgan fingerprint density at radius 1 is 1.14 bits per heavy atom. The fourth-order valence-electron chi connectivity index (χ4n) is 3.37. The van der Waals surface area contributed by atoms with Gasteiger partial charge in [-0.25, -0.2) is 9.67 Å². The SMILES string of the molecule is O=C(c1ccc(-n2ccc(C(F)(F)F)n2)cc1)N1CCCCC1c1nccs1. The molecule has 1 aliphatic rings. The lowest BCUT2D eigenvalue weighted by atomic mass is 10.0. The van der Waals surface area contributed by atoms with E-state index in [1.165, 1.54) is 6.20 Å². The molecule has 28 heavy (non-hydrogen) atoms. The number of thiazole rings is 1. The molecule has 0 spiro atoms. The number of rotatable bonds is 3. The van der Waals surface area contributed by atoms with Crippen LogP contribution in [-0.2, 0) is 6.18 Å². The first-order valence-corrected chi connectivity index (χ1v) is 9.75. The summed E-state index contributed by atoms with van der Waals surface area (Å²) in [6, 6.07) is 7.35. The third-order valence-corrected chi connectivity index (χ3v) is 5.64. The number of aromatic nitrogens is 3. The zero-order valence-electron chi connectivity index (χ0n) is 14.8. The molecule has 4 rings (SSSR count). The van der Waals surface area contributed by atoms with Crippen LogP contribution in [0.2, 0.25) is 0 Å². The van der Waals surface area contributed by atoms with Crippen LogP contribution in [0.25, 0.3) is 5.69 Å². The van der Waals surface area contributed by atoms with Crippen molar-refractivity contribution >= 4 is 17.2 Å². The minimum Gasteiger partial charge on any atom is -0.329 e. The zero-order valence-corrected chi connectivity index (χ0v) is 15.6. The number of benzene rings is 1. The average Bonchev–Trinajstić information content (AvgIpc) is 3.39. The van der Waals surface area contributed by atoms with Gasteiger partial charge in [-0.1, -0.05) is 0 Å². The van der Waals surface area contributed by atoms with Crippen molar-refractivity contribution in [2.24, 2.45) is 0 Å². The van der Waals surface area contributed by atoms with Crippen LogP contribution in [0.3, 0.4) is 0 Å². The molecule has 146 valence electrons. The summed E-state index contributed by atoms with van der Waals surface area (Å²) in [6.45, 7) is 0.666. The number of hydrogen-bond donors (Lipinski definition) is 0. The van der Waals surface area contributed by atoms with Gasteiger partial charge in [-0.15, -0.1) is 11.3 Å². The fraction of sp³-hybridized carbons (Fsp3) is 0.316. The molecule has 1 fully saturated rings. The molecular formula is C19H17F3N4OS. The topological polar surface area (TPSA) is 51.0 Å². The van der Waals surface area contributed by atoms with Crippen molar-refractivity contribution in [1.29, 1.82) is 0 Å². The minimum absolute atomic E-state index is 0.0265. The highest BCUT2D eigenvalue weighted by Crippen LogP contribution is 2.33. The molecule has 1 amide bonds. The molecule has 0 N–H and O–H groups in total. The van der Waals surface area contributed by atoms with E-state index in [-0.39, 0.29) is 11.9 Å². The lowest BCUT2D eigenvalue weighted by Crippen LogP contribution is -2.38. The van der Waals surface area contributed by atoms with Gasteiger partial charge in [0.25, 0.3) is 5.91 Å². The lowest BCUT2D eigenvalue weighted by Gasteiger charge is -2.34. The van der Waals surface area contributed by atoms with E-state index in [0.29, 0.717) is 17.8 Å². The molecule has 0 bridgehead atoms. The summed E-state index contributed by atoms with van der Waals surface area (Å²) >= 11 is 1.54. The summed E-state index contributed by atoms with van der Waals surface area (Å²) < 4.78 is 39.3. The highest BCUT2D eigenvalue weighted by atomic mass is 32.1. The number of alkyl halides is 3. The van der Waals surface area contributed by atoms with Crippen LogP contribution in [0.4, 0.5) is 13.2 Å². The Morgan fingerprint density at radius 3 is 2.57 bits per heavy atom. The van der Waals surface area contributed by atoms with Crippen LogP contribution < -0.4 is 0 Å². The molecule has 5 nitrogen and oxygen atoms in total. The van der Waals surface area contributed by atoms with Gasteiger partial charge in [0.2, 0.25) is 0 Å². The Labute approximate surface area is 163 Å². The highest BCUT2D eigenvalue weighted by Gasteiger charge is 2.34. The van der Waals surface area contributed by atoms with Gasteiger partial charge in [-0.05, 0) is 49.6 Å². The molecule has 3 heterocycles. The molecule has 1 atom stereocenters. The largest absolute Gasteiger partial charge is 0.435 e. The molecule has 1 unspecified atom stereocenters. The van der Waals surface area contributed by atoms with E-state index in [4.69, 9.17) is 0 Å². The first-order chi connectivity index (χ1) is 13.4. The Kier molecular flexibility index (Phi) is 4.92. The van der Waals surface area contributed by atoms with Gasteiger partial charge < -0.3 is 4.90 Å². The summed E-state index contributed by atoms with van der Waals surface area (Å²) in [6.07, 6.45) is 1.38. The molecule has 3 aromatic rings. The van der Waals surface area contributed by atoms with Gasteiger partial charge in [-0.3, -0.25) is 4.79 Å². The van der Waals surface area contributed by atoms with E-state index in [9.17, 15) is 18.0 Å². The van der Waals surface area contributed by atoms with Crippen molar-refractivity contribution in [1.82, 2.24) is 19.7 Å². The van der Waals surface area contributed by atoms with Gasteiger partial charge in [0.1, 0.15) is 5.01 Å². The van der Waals surface area contributed by atoms with E-state index in [1.807, 2.05) is 10.3 Å². The van der Waals surface area contributed by atoms with Crippen LogP contribution in [0.5, 0.6) is 0 Å². The number of carbonyl (C=O) groups is 1. The van der Waals surface area contributed by atoms with E-state index in [1.54, 1.807) is 41.8 Å². The predicted molar refractivity (Wildman–Crippen MR) is 98.3 cm³/mol. The predicted octanol–water partition coefficient (Wildman–Crippen LogP) is 4.72. The number of likely N-dealkylation sites (tertiary alicyclic amines) is 1. The van der Waals surface area contributed by atoms with Gasteiger partial charge in [-0.2, -0.15) is 18.3 Å². The number of piperidine rings is 1. The molecule has 0 aliphatic carbocycles. The summed E-state index contributed by atoms with van der Waals surface area (Å²) in [5, 5.41) is 6.39. The molecule has 0 radical (unpaired) electrons. The summed E-state index contributed by atoms with van der Waals surface area (Å²) in [7, 11) is 0. The maximum atomic E-state index is 13.0. The van der Waals surface area contributed by atoms with Gasteiger partial charge in [0.15, 0.2) is 5.69 Å². The number of carbonyl (C=O) groups excluding carboxylic acids is 1. The van der Waals surface area contributed by atoms with Gasteiger partial charge >= 0.3 is 6.18 Å². The highest BCUT2D eigenvalue weighted by molar-refractivity contribution is 7.09. The summed E-state index contributed by atoms with van der Waals surface area (Å²) in [5.41, 5.74) is 0.00448. The standard InChI is InChI=1S/C19H17F3N4OS/c20-19(21,22)16-8-11-26(24-16)14-6-4-13(5-7-14)18(27)25-10-2-1-3-15(25)17-23-9-12-28-17/h4-9,11-12,15H,1-3,10H2. The van der Waals surface area contributed by atoms with Crippen LogP contribution in [0.15, 0.2) is 48.1 Å². The molecule has 1 saturated heterocycles. The fourth-order valence-corrected chi connectivity index (χ4v) is 4.16. The second kappa shape index (κ2) is 7.38. The first kappa shape index (κ1) is 18.7. The Hall–Kier alpha value is -2.68. The van der Waals surface area contributed by atoms with Gasteiger partial charge in [0, 0.05) is 29.9 Å². The number of halogens is 3. The van der Waals surface area contributed by atoms with Crippen molar-refractivity contribution < 1.29 is 18.0 Å². The number of amides is 1. The Balaban J connectivity index is 1.54. The summed E-state index contributed by atoms with van der Waals surface area (Å²) in [4.78, 5) is 19.2. The molecule has 1 aliphatic heterocycles. The Bertz CT molecular complexity index is 950. The third-order valence-electron chi connectivity index (χ3n) is 4.76. The smallest absolute Gasteiger partial charge is 0.329 e. The Morgan fingerprint density at radius 2 is 1.93 bits per heavy atom. The maximum absolute atomic E-state index is 13.0. The lowest BCUT2D eigenvalue weighted by molar-refractivity contribution is -0.141. The zero-order chi connectivity index (χ0) is 19.7. The molecule has 9 heteroatoms.